The zero-order chi connectivity index (χ0) is 12.1. The molecule has 0 bridgehead atoms. The maximum absolute atomic E-state index is 6.25. The van der Waals surface area contributed by atoms with Crippen molar-refractivity contribution in [3.63, 3.8) is 0 Å². The van der Waals surface area contributed by atoms with Gasteiger partial charge in [-0.3, -0.25) is 0 Å². The Balaban J connectivity index is 0.00000256. The van der Waals surface area contributed by atoms with Gasteiger partial charge in [0.2, 0.25) is 0 Å². The van der Waals surface area contributed by atoms with Crippen molar-refractivity contribution in [1.29, 1.82) is 0 Å². The molecule has 1 rings (SSSR count). The molecule has 1 aromatic carbocycles. The first-order valence-corrected chi connectivity index (χ1v) is 6.57. The Morgan fingerprint density at radius 1 is 1.35 bits per heavy atom. The molecule has 17 heavy (non-hydrogen) atoms. The highest BCUT2D eigenvalue weighted by molar-refractivity contribution is 9.10. The third-order valence-corrected chi connectivity index (χ3v) is 3.38. The molecule has 98 valence electrons. The van der Waals surface area contributed by atoms with Crippen LogP contribution in [-0.4, -0.2) is 6.61 Å². The highest BCUT2D eigenvalue weighted by atomic mass is 79.9. The predicted molar refractivity (Wildman–Crippen MR) is 78.9 cm³/mol. The first-order chi connectivity index (χ1) is 7.60. The lowest BCUT2D eigenvalue weighted by Crippen LogP contribution is -2.19. The maximum atomic E-state index is 6.25. The molecule has 1 unspecified atom stereocenters. The molecule has 2 N–H and O–H groups in total. The SMILES string of the molecule is CCOc1ccc(Br)cc1[C@@H](N)C(C)CC.Cl. The average molecular weight is 323 g/mol. The fourth-order valence-corrected chi connectivity index (χ4v) is 2.01. The summed E-state index contributed by atoms with van der Waals surface area (Å²) < 4.78 is 6.65. The van der Waals surface area contributed by atoms with Gasteiger partial charge in [0, 0.05) is 16.1 Å². The third kappa shape index (κ3) is 4.49. The summed E-state index contributed by atoms with van der Waals surface area (Å²) in [6, 6.07) is 6.05. The number of hydrogen-bond donors (Lipinski definition) is 1. The normalized spacial score (nSPS) is 13.7. The zero-order valence-corrected chi connectivity index (χ0v) is 13.0. The molecule has 0 heterocycles. The van der Waals surface area contributed by atoms with Gasteiger partial charge in [-0.1, -0.05) is 36.2 Å². The van der Waals surface area contributed by atoms with E-state index in [0.717, 1.165) is 22.2 Å². The van der Waals surface area contributed by atoms with Crippen molar-refractivity contribution >= 4 is 28.3 Å². The highest BCUT2D eigenvalue weighted by Gasteiger charge is 2.17. The maximum Gasteiger partial charge on any atom is 0.124 e. The van der Waals surface area contributed by atoms with Crippen LogP contribution in [0, 0.1) is 5.92 Å². The Bertz CT molecular complexity index is 346. The van der Waals surface area contributed by atoms with Gasteiger partial charge >= 0.3 is 0 Å². The van der Waals surface area contributed by atoms with Gasteiger partial charge in [0.15, 0.2) is 0 Å². The van der Waals surface area contributed by atoms with E-state index in [0.29, 0.717) is 12.5 Å². The number of ether oxygens (including phenoxy) is 1. The lowest BCUT2D eigenvalue weighted by Gasteiger charge is -2.21. The van der Waals surface area contributed by atoms with Gasteiger partial charge in [0.05, 0.1) is 6.61 Å². The quantitative estimate of drug-likeness (QED) is 0.876. The Morgan fingerprint density at radius 3 is 2.53 bits per heavy atom. The third-order valence-electron chi connectivity index (χ3n) is 2.89. The summed E-state index contributed by atoms with van der Waals surface area (Å²) in [5.74, 6) is 1.35. The Labute approximate surface area is 118 Å². The van der Waals surface area contributed by atoms with Gasteiger partial charge < -0.3 is 10.5 Å². The lowest BCUT2D eigenvalue weighted by atomic mass is 9.93. The van der Waals surface area contributed by atoms with Crippen LogP contribution in [0.1, 0.15) is 38.8 Å². The topological polar surface area (TPSA) is 35.2 Å². The molecule has 0 amide bonds. The molecular weight excluding hydrogens is 302 g/mol. The first-order valence-electron chi connectivity index (χ1n) is 5.77. The van der Waals surface area contributed by atoms with Gasteiger partial charge in [-0.2, -0.15) is 0 Å². The fraction of sp³-hybridized carbons (Fsp3) is 0.538. The van der Waals surface area contributed by atoms with E-state index in [-0.39, 0.29) is 18.4 Å². The minimum absolute atomic E-state index is 0. The molecule has 0 aliphatic rings. The van der Waals surface area contributed by atoms with Gasteiger partial charge in [0.1, 0.15) is 5.75 Å². The number of benzene rings is 1. The highest BCUT2D eigenvalue weighted by Crippen LogP contribution is 2.32. The molecule has 0 aliphatic carbocycles. The Hall–Kier alpha value is -0.250. The van der Waals surface area contributed by atoms with E-state index in [9.17, 15) is 0 Å². The van der Waals surface area contributed by atoms with Crippen LogP contribution in [0.5, 0.6) is 5.75 Å². The van der Waals surface area contributed by atoms with E-state index >= 15 is 0 Å². The molecule has 1 aromatic rings. The van der Waals surface area contributed by atoms with E-state index in [1.807, 2.05) is 19.1 Å². The minimum atomic E-state index is 0. The van der Waals surface area contributed by atoms with Crippen molar-refractivity contribution in [2.45, 2.75) is 33.2 Å². The van der Waals surface area contributed by atoms with Gasteiger partial charge in [-0.15, -0.1) is 12.4 Å². The summed E-state index contributed by atoms with van der Waals surface area (Å²) in [7, 11) is 0. The van der Waals surface area contributed by atoms with Crippen molar-refractivity contribution in [2.24, 2.45) is 11.7 Å². The molecule has 0 saturated heterocycles. The monoisotopic (exact) mass is 321 g/mol. The second-order valence-corrected chi connectivity index (χ2v) is 4.94. The fourth-order valence-electron chi connectivity index (χ4n) is 1.63. The van der Waals surface area contributed by atoms with Gasteiger partial charge in [0.25, 0.3) is 0 Å². The molecule has 0 saturated carbocycles. The van der Waals surface area contributed by atoms with Gasteiger partial charge in [-0.05, 0) is 31.0 Å². The van der Waals surface area contributed by atoms with E-state index in [1.54, 1.807) is 0 Å². The van der Waals surface area contributed by atoms with Crippen molar-refractivity contribution in [2.75, 3.05) is 6.61 Å². The van der Waals surface area contributed by atoms with E-state index in [2.05, 4.69) is 35.8 Å². The number of rotatable bonds is 5. The second-order valence-electron chi connectivity index (χ2n) is 4.03. The summed E-state index contributed by atoms with van der Waals surface area (Å²) in [5, 5.41) is 0. The predicted octanol–water partition coefficient (Wildman–Crippen LogP) is 4.32. The standard InChI is InChI=1S/C13H20BrNO.ClH/c1-4-9(3)13(15)11-8-10(14)6-7-12(11)16-5-2;/h6-9,13H,4-5,15H2,1-3H3;1H/t9?,13-;/m0./s1. The van der Waals surface area contributed by atoms with Gasteiger partial charge in [-0.25, -0.2) is 0 Å². The molecule has 0 fully saturated rings. The van der Waals surface area contributed by atoms with Crippen molar-refractivity contribution in [3.05, 3.63) is 28.2 Å². The van der Waals surface area contributed by atoms with Crippen LogP contribution in [0.2, 0.25) is 0 Å². The Kier molecular flexibility index (Phi) is 7.84. The van der Waals surface area contributed by atoms with E-state index in [4.69, 9.17) is 10.5 Å². The molecule has 0 aromatic heterocycles. The Morgan fingerprint density at radius 2 is 2.00 bits per heavy atom. The molecule has 0 aliphatic heterocycles. The van der Waals surface area contributed by atoms with Crippen LogP contribution in [0.4, 0.5) is 0 Å². The first kappa shape index (κ1) is 16.8. The summed E-state index contributed by atoms with van der Waals surface area (Å²) >= 11 is 3.48. The van der Waals surface area contributed by atoms with Crippen LogP contribution >= 0.6 is 28.3 Å². The summed E-state index contributed by atoms with van der Waals surface area (Å²) in [6.45, 7) is 6.98. The molecule has 0 radical (unpaired) electrons. The summed E-state index contributed by atoms with van der Waals surface area (Å²) in [5.41, 5.74) is 7.34. The molecule has 0 spiro atoms. The summed E-state index contributed by atoms with van der Waals surface area (Å²) in [6.07, 6.45) is 1.07. The van der Waals surface area contributed by atoms with Crippen LogP contribution in [0.25, 0.3) is 0 Å². The van der Waals surface area contributed by atoms with Crippen molar-refractivity contribution in [3.8, 4) is 5.75 Å². The number of nitrogens with two attached hydrogens (primary N) is 1. The number of hydrogen-bond acceptors (Lipinski definition) is 2. The summed E-state index contributed by atoms with van der Waals surface area (Å²) in [4.78, 5) is 0. The zero-order valence-electron chi connectivity index (χ0n) is 10.6. The van der Waals surface area contributed by atoms with Crippen LogP contribution in [-0.2, 0) is 0 Å². The number of halogens is 2. The smallest absolute Gasteiger partial charge is 0.124 e. The largest absolute Gasteiger partial charge is 0.494 e. The second kappa shape index (κ2) is 7.96. The molecule has 4 heteroatoms. The lowest BCUT2D eigenvalue weighted by molar-refractivity contribution is 0.328. The minimum Gasteiger partial charge on any atom is -0.494 e. The van der Waals surface area contributed by atoms with Crippen LogP contribution in [0.15, 0.2) is 22.7 Å². The van der Waals surface area contributed by atoms with Crippen LogP contribution in [0.3, 0.4) is 0 Å². The molecule has 2 nitrogen and oxygen atoms in total. The molecule has 2 atom stereocenters. The van der Waals surface area contributed by atoms with Crippen molar-refractivity contribution in [1.82, 2.24) is 0 Å². The average Bonchev–Trinajstić information content (AvgIpc) is 2.29. The van der Waals surface area contributed by atoms with Crippen molar-refractivity contribution < 1.29 is 4.74 Å². The molecular formula is C13H21BrClNO. The van der Waals surface area contributed by atoms with E-state index < -0.39 is 0 Å². The van der Waals surface area contributed by atoms with Crippen LogP contribution < -0.4 is 10.5 Å². The van der Waals surface area contributed by atoms with E-state index in [1.165, 1.54) is 0 Å².